The van der Waals surface area contributed by atoms with Crippen molar-refractivity contribution in [3.8, 4) is 0 Å². The highest BCUT2D eigenvalue weighted by molar-refractivity contribution is 9.10. The molecule has 6 heteroatoms. The maximum absolute atomic E-state index is 12.2. The van der Waals surface area contributed by atoms with Gasteiger partial charge in [0, 0.05) is 25.3 Å². The van der Waals surface area contributed by atoms with Gasteiger partial charge in [0.15, 0.2) is 5.69 Å². The van der Waals surface area contributed by atoms with Crippen molar-refractivity contribution >= 4 is 27.5 Å². The third kappa shape index (κ3) is 4.60. The number of halogens is 1. The van der Waals surface area contributed by atoms with E-state index in [-0.39, 0.29) is 11.8 Å². The first-order valence-electron chi connectivity index (χ1n) is 8.36. The smallest absolute Gasteiger partial charge is 0.272 e. The number of aromatic nitrogens is 2. The van der Waals surface area contributed by atoms with E-state index in [2.05, 4.69) is 69.2 Å². The Morgan fingerprint density at radius 2 is 2.04 bits per heavy atom. The van der Waals surface area contributed by atoms with E-state index in [0.717, 1.165) is 29.7 Å². The standard InChI is InChI=1S/C18H25BrN4O/c1-4-23(14-9-6-5-7-10-14)12-8-11-20-18(24)17-15(19)16(13(2)3)21-22-17/h5-7,9-10,13H,4,8,11-12H2,1-3H3,(H,20,24)(H,21,22). The van der Waals surface area contributed by atoms with Crippen molar-refractivity contribution in [2.45, 2.75) is 33.1 Å². The number of nitrogens with one attached hydrogen (secondary N) is 2. The number of carbonyl (C=O) groups is 1. The Morgan fingerprint density at radius 1 is 1.33 bits per heavy atom. The van der Waals surface area contributed by atoms with Gasteiger partial charge in [-0.15, -0.1) is 0 Å². The van der Waals surface area contributed by atoms with Gasteiger partial charge in [0.1, 0.15) is 0 Å². The highest BCUT2D eigenvalue weighted by Crippen LogP contribution is 2.25. The Bertz CT molecular complexity index is 654. The fourth-order valence-corrected chi connectivity index (χ4v) is 3.35. The minimum absolute atomic E-state index is 0.146. The zero-order valence-corrected chi connectivity index (χ0v) is 16.1. The summed E-state index contributed by atoms with van der Waals surface area (Å²) in [6.07, 6.45) is 0.882. The minimum atomic E-state index is -0.146. The average Bonchev–Trinajstić information content (AvgIpc) is 2.97. The molecule has 0 aliphatic rings. The first-order chi connectivity index (χ1) is 11.5. The molecule has 0 fully saturated rings. The highest BCUT2D eigenvalue weighted by Gasteiger charge is 2.18. The number of amides is 1. The van der Waals surface area contributed by atoms with Gasteiger partial charge >= 0.3 is 0 Å². The van der Waals surface area contributed by atoms with Crippen LogP contribution in [0.3, 0.4) is 0 Å². The number of H-pyrrole nitrogens is 1. The van der Waals surface area contributed by atoms with Gasteiger partial charge in [-0.3, -0.25) is 9.89 Å². The third-order valence-corrected chi connectivity index (χ3v) is 4.72. The first kappa shape index (κ1) is 18.5. The summed E-state index contributed by atoms with van der Waals surface area (Å²) in [4.78, 5) is 14.5. The molecule has 5 nitrogen and oxygen atoms in total. The van der Waals surface area contributed by atoms with E-state index in [1.807, 2.05) is 18.2 Å². The van der Waals surface area contributed by atoms with Gasteiger partial charge in [-0.2, -0.15) is 5.10 Å². The normalized spacial score (nSPS) is 10.9. The van der Waals surface area contributed by atoms with Crippen LogP contribution in [0.15, 0.2) is 34.8 Å². The van der Waals surface area contributed by atoms with Gasteiger partial charge < -0.3 is 10.2 Å². The number of rotatable bonds is 8. The van der Waals surface area contributed by atoms with Gasteiger partial charge in [0.25, 0.3) is 5.91 Å². The number of para-hydroxylation sites is 1. The molecule has 0 saturated heterocycles. The zero-order chi connectivity index (χ0) is 17.5. The van der Waals surface area contributed by atoms with Crippen LogP contribution < -0.4 is 10.2 Å². The summed E-state index contributed by atoms with van der Waals surface area (Å²) in [5, 5.41) is 9.99. The molecule has 0 saturated carbocycles. The maximum Gasteiger partial charge on any atom is 0.272 e. The van der Waals surface area contributed by atoms with E-state index in [1.165, 1.54) is 5.69 Å². The third-order valence-electron chi connectivity index (χ3n) is 3.92. The molecule has 0 bridgehead atoms. The van der Waals surface area contributed by atoms with E-state index in [4.69, 9.17) is 0 Å². The summed E-state index contributed by atoms with van der Waals surface area (Å²) in [6.45, 7) is 8.73. The van der Waals surface area contributed by atoms with Crippen LogP contribution in [0.25, 0.3) is 0 Å². The second-order valence-corrected chi connectivity index (χ2v) is 6.77. The van der Waals surface area contributed by atoms with Crippen LogP contribution in [0.4, 0.5) is 5.69 Å². The predicted molar refractivity (Wildman–Crippen MR) is 102 cm³/mol. The first-order valence-corrected chi connectivity index (χ1v) is 9.15. The van der Waals surface area contributed by atoms with Crippen LogP contribution in [-0.4, -0.2) is 35.7 Å². The Kier molecular flexibility index (Phi) is 6.85. The summed E-state index contributed by atoms with van der Waals surface area (Å²) >= 11 is 3.46. The van der Waals surface area contributed by atoms with E-state index >= 15 is 0 Å². The van der Waals surface area contributed by atoms with Crippen molar-refractivity contribution in [3.63, 3.8) is 0 Å². The lowest BCUT2D eigenvalue weighted by Gasteiger charge is -2.23. The van der Waals surface area contributed by atoms with E-state index in [0.29, 0.717) is 12.2 Å². The van der Waals surface area contributed by atoms with Crippen molar-refractivity contribution in [1.82, 2.24) is 15.5 Å². The van der Waals surface area contributed by atoms with Crippen LogP contribution in [0.1, 0.15) is 49.3 Å². The van der Waals surface area contributed by atoms with Crippen molar-refractivity contribution in [3.05, 3.63) is 46.2 Å². The minimum Gasteiger partial charge on any atom is -0.372 e. The maximum atomic E-state index is 12.2. The van der Waals surface area contributed by atoms with E-state index < -0.39 is 0 Å². The fraction of sp³-hybridized carbons (Fsp3) is 0.444. The molecule has 2 rings (SSSR count). The SMILES string of the molecule is CCN(CCCNC(=O)c1n[nH]c(C(C)C)c1Br)c1ccccc1. The van der Waals surface area contributed by atoms with Crippen LogP contribution >= 0.6 is 15.9 Å². The molecule has 24 heavy (non-hydrogen) atoms. The summed E-state index contributed by atoms with van der Waals surface area (Å²) < 4.78 is 0.759. The monoisotopic (exact) mass is 392 g/mol. The molecule has 2 N–H and O–H groups in total. The Morgan fingerprint density at radius 3 is 2.62 bits per heavy atom. The van der Waals surface area contributed by atoms with Gasteiger partial charge in [-0.25, -0.2) is 0 Å². The fourth-order valence-electron chi connectivity index (χ4n) is 2.54. The van der Waals surface area contributed by atoms with Crippen molar-refractivity contribution in [2.24, 2.45) is 0 Å². The Labute approximate surface area is 152 Å². The number of hydrogen-bond donors (Lipinski definition) is 2. The lowest BCUT2D eigenvalue weighted by atomic mass is 10.1. The molecule has 0 atom stereocenters. The number of aromatic amines is 1. The van der Waals surface area contributed by atoms with Gasteiger partial charge in [-0.1, -0.05) is 32.0 Å². The molecule has 0 radical (unpaired) electrons. The van der Waals surface area contributed by atoms with Crippen LogP contribution in [-0.2, 0) is 0 Å². The Hall–Kier alpha value is -1.82. The molecule has 130 valence electrons. The Balaban J connectivity index is 1.82. The molecule has 0 spiro atoms. The van der Waals surface area contributed by atoms with Gasteiger partial charge in [-0.05, 0) is 47.3 Å². The lowest BCUT2D eigenvalue weighted by Crippen LogP contribution is -2.30. The van der Waals surface area contributed by atoms with Crippen LogP contribution in [0, 0.1) is 0 Å². The zero-order valence-electron chi connectivity index (χ0n) is 14.5. The largest absolute Gasteiger partial charge is 0.372 e. The molecular formula is C18H25BrN4O. The number of nitrogens with zero attached hydrogens (tertiary/aromatic N) is 2. The number of anilines is 1. The van der Waals surface area contributed by atoms with Crippen molar-refractivity contribution in [1.29, 1.82) is 0 Å². The van der Waals surface area contributed by atoms with Crippen LogP contribution in [0.5, 0.6) is 0 Å². The van der Waals surface area contributed by atoms with Gasteiger partial charge in [0.05, 0.1) is 10.2 Å². The second kappa shape index (κ2) is 8.87. The summed E-state index contributed by atoms with van der Waals surface area (Å²) in [7, 11) is 0. The predicted octanol–water partition coefficient (Wildman–Crippen LogP) is 3.94. The summed E-state index contributed by atoms with van der Waals surface area (Å²) in [5.74, 6) is 0.144. The molecular weight excluding hydrogens is 368 g/mol. The van der Waals surface area contributed by atoms with E-state index in [1.54, 1.807) is 0 Å². The topological polar surface area (TPSA) is 61.0 Å². The summed E-state index contributed by atoms with van der Waals surface area (Å²) in [6, 6.07) is 10.3. The van der Waals surface area contributed by atoms with Gasteiger partial charge in [0.2, 0.25) is 0 Å². The number of carbonyl (C=O) groups excluding carboxylic acids is 1. The van der Waals surface area contributed by atoms with E-state index in [9.17, 15) is 4.79 Å². The number of hydrogen-bond acceptors (Lipinski definition) is 3. The van der Waals surface area contributed by atoms with Crippen molar-refractivity contribution < 1.29 is 4.79 Å². The molecule has 1 heterocycles. The molecule has 2 aromatic rings. The molecule has 0 aliphatic heterocycles. The molecule has 1 aromatic heterocycles. The molecule has 1 amide bonds. The van der Waals surface area contributed by atoms with Crippen LogP contribution in [0.2, 0.25) is 0 Å². The molecule has 0 unspecified atom stereocenters. The number of benzene rings is 1. The second-order valence-electron chi connectivity index (χ2n) is 5.98. The lowest BCUT2D eigenvalue weighted by molar-refractivity contribution is 0.0947. The molecule has 0 aliphatic carbocycles. The van der Waals surface area contributed by atoms with Crippen molar-refractivity contribution in [2.75, 3.05) is 24.5 Å². The summed E-state index contributed by atoms with van der Waals surface area (Å²) in [5.41, 5.74) is 2.58. The molecule has 1 aromatic carbocycles. The highest BCUT2D eigenvalue weighted by atomic mass is 79.9. The quantitative estimate of drug-likeness (QED) is 0.668. The average molecular weight is 393 g/mol.